The summed E-state index contributed by atoms with van der Waals surface area (Å²) in [5.41, 5.74) is 0.0277. The number of pyridine rings is 1. The van der Waals surface area contributed by atoms with Crippen LogP contribution in [0.25, 0.3) is 0 Å². The molecule has 100 valence electrons. The summed E-state index contributed by atoms with van der Waals surface area (Å²) in [4.78, 5) is 15.5. The van der Waals surface area contributed by atoms with Crippen LogP contribution in [0, 0.1) is 11.3 Å². The highest BCUT2D eigenvalue weighted by Gasteiger charge is 2.38. The van der Waals surface area contributed by atoms with Crippen LogP contribution in [0.4, 0.5) is 5.69 Å². The van der Waals surface area contributed by atoms with Gasteiger partial charge in [0.1, 0.15) is 17.3 Å². The van der Waals surface area contributed by atoms with Gasteiger partial charge >= 0.3 is 5.97 Å². The molecule has 0 aliphatic heterocycles. The number of anilines is 1. The third-order valence-corrected chi connectivity index (χ3v) is 3.62. The Morgan fingerprint density at radius 3 is 2.63 bits per heavy atom. The maximum atomic E-state index is 11.6. The molecular weight excluding hydrogens is 242 g/mol. The zero-order chi connectivity index (χ0) is 13.7. The van der Waals surface area contributed by atoms with Crippen molar-refractivity contribution in [3.05, 3.63) is 24.0 Å². The number of carboxylic acids is 1. The van der Waals surface area contributed by atoms with Crippen LogP contribution >= 0.6 is 0 Å². The molecule has 1 heterocycles. The summed E-state index contributed by atoms with van der Waals surface area (Å²) in [5, 5.41) is 21.5. The predicted octanol–water partition coefficient (Wildman–Crippen LogP) is 2.54. The number of hydrogen-bond donors (Lipinski definition) is 2. The Hall–Kier alpha value is -2.09. The second-order valence-electron chi connectivity index (χ2n) is 4.97. The Morgan fingerprint density at radius 2 is 2.05 bits per heavy atom. The molecule has 0 amide bonds. The normalized spacial score (nSPS) is 18.1. The van der Waals surface area contributed by atoms with Crippen molar-refractivity contribution < 1.29 is 9.90 Å². The van der Waals surface area contributed by atoms with Crippen molar-refractivity contribution in [1.82, 2.24) is 4.98 Å². The monoisotopic (exact) mass is 259 g/mol. The van der Waals surface area contributed by atoms with Gasteiger partial charge in [-0.15, -0.1) is 0 Å². The number of rotatable bonds is 3. The number of hydrogen-bond acceptors (Lipinski definition) is 4. The lowest BCUT2D eigenvalue weighted by atomic mass is 9.90. The highest BCUT2D eigenvalue weighted by atomic mass is 16.4. The number of carboxylic acid groups (broad SMARTS) is 1. The maximum Gasteiger partial charge on any atom is 0.329 e. The molecule has 0 saturated heterocycles. The van der Waals surface area contributed by atoms with Gasteiger partial charge in [-0.1, -0.05) is 25.7 Å². The van der Waals surface area contributed by atoms with E-state index in [9.17, 15) is 9.90 Å². The summed E-state index contributed by atoms with van der Waals surface area (Å²) < 4.78 is 0. The summed E-state index contributed by atoms with van der Waals surface area (Å²) >= 11 is 0. The molecule has 1 aliphatic carbocycles. The van der Waals surface area contributed by atoms with Crippen molar-refractivity contribution in [2.45, 2.75) is 44.1 Å². The van der Waals surface area contributed by atoms with Crippen LogP contribution in [0.3, 0.4) is 0 Å². The zero-order valence-electron chi connectivity index (χ0n) is 10.7. The molecule has 19 heavy (non-hydrogen) atoms. The van der Waals surface area contributed by atoms with Gasteiger partial charge in [0, 0.05) is 11.9 Å². The van der Waals surface area contributed by atoms with E-state index in [4.69, 9.17) is 5.26 Å². The fourth-order valence-corrected chi connectivity index (χ4v) is 2.57. The summed E-state index contributed by atoms with van der Waals surface area (Å²) in [7, 11) is 0. The Labute approximate surface area is 112 Å². The molecule has 1 saturated carbocycles. The second-order valence-corrected chi connectivity index (χ2v) is 4.97. The number of aliphatic carboxylic acids is 1. The van der Waals surface area contributed by atoms with Gasteiger partial charge in [-0.05, 0) is 25.0 Å². The Kier molecular flexibility index (Phi) is 4.00. The second kappa shape index (κ2) is 5.70. The summed E-state index contributed by atoms with van der Waals surface area (Å²) in [5.74, 6) is -0.815. The van der Waals surface area contributed by atoms with Gasteiger partial charge in [0.25, 0.3) is 0 Å². The lowest BCUT2D eigenvalue weighted by molar-refractivity contribution is -0.142. The quantitative estimate of drug-likeness (QED) is 0.815. The molecule has 0 spiro atoms. The minimum Gasteiger partial charge on any atom is -0.480 e. The van der Waals surface area contributed by atoms with Gasteiger partial charge < -0.3 is 10.4 Å². The SMILES string of the molecule is N#Cc1cc(NC2(C(=O)O)CCCCCC2)ccn1. The number of nitriles is 1. The Bertz CT molecular complexity index is 500. The minimum absolute atomic E-state index is 0.291. The molecule has 0 unspecified atom stereocenters. The van der Waals surface area contributed by atoms with Gasteiger partial charge in [0.2, 0.25) is 0 Å². The van der Waals surface area contributed by atoms with Crippen molar-refractivity contribution in [3.63, 3.8) is 0 Å². The number of nitrogens with one attached hydrogen (secondary N) is 1. The molecule has 0 radical (unpaired) electrons. The number of nitrogens with zero attached hydrogens (tertiary/aromatic N) is 2. The van der Waals surface area contributed by atoms with Crippen molar-refractivity contribution in [2.24, 2.45) is 0 Å². The van der Waals surface area contributed by atoms with Crippen molar-refractivity contribution in [2.75, 3.05) is 5.32 Å². The summed E-state index contributed by atoms with van der Waals surface area (Å²) in [6.45, 7) is 0. The van der Waals surface area contributed by atoms with E-state index < -0.39 is 11.5 Å². The average molecular weight is 259 g/mol. The van der Waals surface area contributed by atoms with Gasteiger partial charge in [-0.2, -0.15) is 5.26 Å². The van der Waals surface area contributed by atoms with Gasteiger partial charge in [-0.3, -0.25) is 0 Å². The smallest absolute Gasteiger partial charge is 0.329 e. The van der Waals surface area contributed by atoms with Crippen LogP contribution in [0.2, 0.25) is 0 Å². The fraction of sp³-hybridized carbons (Fsp3) is 0.500. The van der Waals surface area contributed by atoms with E-state index >= 15 is 0 Å². The molecule has 0 atom stereocenters. The van der Waals surface area contributed by atoms with Crippen LogP contribution in [0.5, 0.6) is 0 Å². The molecule has 2 N–H and O–H groups in total. The van der Waals surface area contributed by atoms with E-state index in [0.29, 0.717) is 24.2 Å². The zero-order valence-corrected chi connectivity index (χ0v) is 10.7. The number of aromatic nitrogens is 1. The standard InChI is InChI=1S/C14H17N3O2/c15-10-12-9-11(5-8-16-12)17-14(13(18)19)6-3-1-2-4-7-14/h5,8-9H,1-4,6-7H2,(H,16,17)(H,18,19). The van der Waals surface area contributed by atoms with Crippen LogP contribution in [-0.2, 0) is 4.79 Å². The summed E-state index contributed by atoms with van der Waals surface area (Å²) in [6.07, 6.45) is 6.74. The topological polar surface area (TPSA) is 86.0 Å². The van der Waals surface area contributed by atoms with E-state index in [0.717, 1.165) is 25.7 Å². The lowest BCUT2D eigenvalue weighted by Gasteiger charge is -2.30. The maximum absolute atomic E-state index is 11.6. The van der Waals surface area contributed by atoms with Gasteiger partial charge in [-0.25, -0.2) is 9.78 Å². The van der Waals surface area contributed by atoms with Gasteiger partial charge in [0.05, 0.1) is 0 Å². The van der Waals surface area contributed by atoms with E-state index in [1.807, 2.05) is 6.07 Å². The largest absolute Gasteiger partial charge is 0.480 e. The lowest BCUT2D eigenvalue weighted by Crippen LogP contribution is -2.46. The fourth-order valence-electron chi connectivity index (χ4n) is 2.57. The Morgan fingerprint density at radius 1 is 1.37 bits per heavy atom. The first-order valence-electron chi connectivity index (χ1n) is 6.54. The van der Waals surface area contributed by atoms with Crippen LogP contribution in [-0.4, -0.2) is 21.6 Å². The van der Waals surface area contributed by atoms with E-state index in [1.54, 1.807) is 12.1 Å². The average Bonchev–Trinajstić information content (AvgIpc) is 2.65. The number of carbonyl (C=O) groups is 1. The Balaban J connectivity index is 2.25. The first-order valence-corrected chi connectivity index (χ1v) is 6.54. The molecule has 5 heteroatoms. The van der Waals surface area contributed by atoms with Crippen molar-refractivity contribution in [1.29, 1.82) is 5.26 Å². The minimum atomic E-state index is -0.912. The first kappa shape index (κ1) is 13.3. The molecular formula is C14H17N3O2. The third kappa shape index (κ3) is 3.02. The van der Waals surface area contributed by atoms with E-state index in [1.165, 1.54) is 6.20 Å². The molecule has 2 rings (SSSR count). The molecule has 0 aromatic carbocycles. The summed E-state index contributed by atoms with van der Waals surface area (Å²) in [6, 6.07) is 5.26. The van der Waals surface area contributed by atoms with Crippen LogP contribution in [0.1, 0.15) is 44.2 Å². The van der Waals surface area contributed by atoms with Crippen molar-refractivity contribution in [3.8, 4) is 6.07 Å². The molecule has 0 bridgehead atoms. The van der Waals surface area contributed by atoms with Crippen LogP contribution in [0.15, 0.2) is 18.3 Å². The predicted molar refractivity (Wildman–Crippen MR) is 70.6 cm³/mol. The molecule has 1 fully saturated rings. The highest BCUT2D eigenvalue weighted by molar-refractivity contribution is 5.82. The molecule has 5 nitrogen and oxygen atoms in total. The highest BCUT2D eigenvalue weighted by Crippen LogP contribution is 2.31. The van der Waals surface area contributed by atoms with Crippen molar-refractivity contribution >= 4 is 11.7 Å². The third-order valence-electron chi connectivity index (χ3n) is 3.62. The first-order chi connectivity index (χ1) is 9.16. The molecule has 1 aliphatic rings. The van der Waals surface area contributed by atoms with Crippen LogP contribution < -0.4 is 5.32 Å². The molecule has 1 aromatic rings. The molecule has 1 aromatic heterocycles. The van der Waals surface area contributed by atoms with E-state index in [-0.39, 0.29) is 0 Å². The van der Waals surface area contributed by atoms with E-state index in [2.05, 4.69) is 10.3 Å². The van der Waals surface area contributed by atoms with Gasteiger partial charge in [0.15, 0.2) is 0 Å².